The van der Waals surface area contributed by atoms with E-state index in [1.165, 1.54) is 11.8 Å². The Bertz CT molecular complexity index is 382. The molecule has 0 aliphatic carbocycles. The van der Waals surface area contributed by atoms with Crippen LogP contribution in [0, 0.1) is 0 Å². The van der Waals surface area contributed by atoms with Crippen LogP contribution in [-0.4, -0.2) is 54.8 Å². The van der Waals surface area contributed by atoms with Gasteiger partial charge in [0.1, 0.15) is 0 Å². The summed E-state index contributed by atoms with van der Waals surface area (Å²) in [6.45, 7) is 0. The molecule has 1 aromatic rings. The Morgan fingerprint density at radius 2 is 1.59 bits per heavy atom. The maximum atomic E-state index is 10.7. The molecule has 0 radical (unpaired) electrons. The van der Waals surface area contributed by atoms with Gasteiger partial charge in [-0.3, -0.25) is 4.79 Å². The highest BCUT2D eigenvalue weighted by Crippen LogP contribution is 2.18. The Morgan fingerprint density at radius 3 is 1.94 bits per heavy atom. The van der Waals surface area contributed by atoms with E-state index in [1.807, 2.05) is 28.2 Å². The van der Waals surface area contributed by atoms with Crippen molar-refractivity contribution in [2.24, 2.45) is 5.73 Å². The van der Waals surface area contributed by atoms with Crippen LogP contribution < -0.4 is 15.5 Å². The summed E-state index contributed by atoms with van der Waals surface area (Å²) >= 11 is 1.20. The summed E-state index contributed by atoms with van der Waals surface area (Å²) in [6.07, 6.45) is 0. The number of anilines is 2. The molecule has 0 spiro atoms. The monoisotopic (exact) mass is 256 g/mol. The maximum absolute atomic E-state index is 10.7. The van der Waals surface area contributed by atoms with E-state index < -0.39 is 5.91 Å². The van der Waals surface area contributed by atoms with Gasteiger partial charge in [0.05, 0.1) is 5.75 Å². The molecular formula is C9H16N6OS. The van der Waals surface area contributed by atoms with Gasteiger partial charge in [0.2, 0.25) is 17.8 Å². The van der Waals surface area contributed by atoms with E-state index >= 15 is 0 Å². The van der Waals surface area contributed by atoms with E-state index in [4.69, 9.17) is 5.73 Å². The van der Waals surface area contributed by atoms with Crippen molar-refractivity contribution in [1.82, 2.24) is 15.0 Å². The molecule has 94 valence electrons. The fourth-order valence-corrected chi connectivity index (χ4v) is 1.50. The average Bonchev–Trinajstić information content (AvgIpc) is 2.25. The van der Waals surface area contributed by atoms with Crippen LogP contribution >= 0.6 is 11.8 Å². The van der Waals surface area contributed by atoms with Gasteiger partial charge < -0.3 is 15.5 Å². The SMILES string of the molecule is CN(C)c1nc(SCC(N)=O)nc(N(C)C)n1. The highest BCUT2D eigenvalue weighted by Gasteiger charge is 2.10. The largest absolute Gasteiger partial charge is 0.369 e. The van der Waals surface area contributed by atoms with Gasteiger partial charge in [-0.05, 0) is 0 Å². The number of carbonyl (C=O) groups excluding carboxylic acids is 1. The number of nitrogens with zero attached hydrogens (tertiary/aromatic N) is 5. The van der Waals surface area contributed by atoms with Crippen LogP contribution in [0.5, 0.6) is 0 Å². The van der Waals surface area contributed by atoms with E-state index in [1.54, 1.807) is 9.80 Å². The zero-order valence-corrected chi connectivity index (χ0v) is 11.2. The predicted octanol–water partition coefficient (Wildman–Crippen LogP) is -0.419. The first-order valence-corrected chi connectivity index (χ1v) is 5.90. The lowest BCUT2D eigenvalue weighted by Crippen LogP contribution is -2.19. The highest BCUT2D eigenvalue weighted by atomic mass is 32.2. The predicted molar refractivity (Wildman–Crippen MR) is 68.4 cm³/mol. The average molecular weight is 256 g/mol. The molecule has 2 N–H and O–H groups in total. The van der Waals surface area contributed by atoms with Crippen LogP contribution in [0.4, 0.5) is 11.9 Å². The van der Waals surface area contributed by atoms with E-state index in [2.05, 4.69) is 15.0 Å². The van der Waals surface area contributed by atoms with Gasteiger partial charge in [-0.1, -0.05) is 11.8 Å². The molecular weight excluding hydrogens is 240 g/mol. The van der Waals surface area contributed by atoms with Gasteiger partial charge in [-0.15, -0.1) is 0 Å². The summed E-state index contributed by atoms with van der Waals surface area (Å²) in [4.78, 5) is 27.0. The first-order valence-electron chi connectivity index (χ1n) is 4.92. The molecule has 17 heavy (non-hydrogen) atoms. The second kappa shape index (κ2) is 5.67. The Morgan fingerprint density at radius 1 is 1.12 bits per heavy atom. The second-order valence-corrected chi connectivity index (χ2v) is 4.70. The van der Waals surface area contributed by atoms with Gasteiger partial charge >= 0.3 is 0 Å². The Balaban J connectivity index is 2.99. The number of primary amides is 1. The molecule has 1 aromatic heterocycles. The van der Waals surface area contributed by atoms with Gasteiger partial charge in [-0.2, -0.15) is 15.0 Å². The van der Waals surface area contributed by atoms with Crippen molar-refractivity contribution in [2.45, 2.75) is 5.16 Å². The standard InChI is InChI=1S/C9H16N6OS/c1-14(2)7-11-8(15(3)4)13-9(12-7)17-5-6(10)16/h5H2,1-4H3,(H2,10,16). The third-order valence-electron chi connectivity index (χ3n) is 1.73. The zero-order valence-electron chi connectivity index (χ0n) is 10.3. The van der Waals surface area contributed by atoms with E-state index in [-0.39, 0.29) is 5.75 Å². The Kier molecular flexibility index (Phi) is 4.50. The fraction of sp³-hybridized carbons (Fsp3) is 0.556. The van der Waals surface area contributed by atoms with E-state index in [9.17, 15) is 4.79 Å². The first kappa shape index (κ1) is 13.5. The van der Waals surface area contributed by atoms with Crippen molar-refractivity contribution < 1.29 is 4.79 Å². The van der Waals surface area contributed by atoms with Crippen LogP contribution in [-0.2, 0) is 4.79 Å². The minimum absolute atomic E-state index is 0.156. The lowest BCUT2D eigenvalue weighted by Gasteiger charge is -2.15. The zero-order chi connectivity index (χ0) is 13.0. The molecule has 1 rings (SSSR count). The van der Waals surface area contributed by atoms with Gasteiger partial charge in [0.15, 0.2) is 5.16 Å². The number of nitrogens with two attached hydrogens (primary N) is 1. The molecule has 7 nitrogen and oxygen atoms in total. The third kappa shape index (κ3) is 4.06. The number of hydrogen-bond donors (Lipinski definition) is 1. The van der Waals surface area contributed by atoms with Crippen LogP contribution in [0.25, 0.3) is 0 Å². The van der Waals surface area contributed by atoms with Crippen LogP contribution in [0.3, 0.4) is 0 Å². The number of carbonyl (C=O) groups is 1. The molecule has 0 unspecified atom stereocenters. The van der Waals surface area contributed by atoms with Gasteiger partial charge in [0.25, 0.3) is 0 Å². The van der Waals surface area contributed by atoms with E-state index in [0.29, 0.717) is 17.1 Å². The van der Waals surface area contributed by atoms with Crippen molar-refractivity contribution in [3.8, 4) is 0 Å². The summed E-state index contributed by atoms with van der Waals surface area (Å²) in [5.74, 6) is 0.864. The van der Waals surface area contributed by atoms with Crippen molar-refractivity contribution in [1.29, 1.82) is 0 Å². The molecule has 1 heterocycles. The van der Waals surface area contributed by atoms with Crippen LogP contribution in [0.2, 0.25) is 0 Å². The number of thioether (sulfide) groups is 1. The molecule has 0 bridgehead atoms. The minimum Gasteiger partial charge on any atom is -0.369 e. The summed E-state index contributed by atoms with van der Waals surface area (Å²) in [5, 5.41) is 0.492. The quantitative estimate of drug-likeness (QED) is 0.716. The summed E-state index contributed by atoms with van der Waals surface area (Å²) in [6, 6.07) is 0. The normalized spacial score (nSPS) is 10.1. The molecule has 0 saturated heterocycles. The van der Waals surface area contributed by atoms with Crippen molar-refractivity contribution >= 4 is 29.6 Å². The molecule has 1 amide bonds. The Labute approximate surface area is 104 Å². The molecule has 0 saturated carbocycles. The highest BCUT2D eigenvalue weighted by molar-refractivity contribution is 7.99. The number of hydrogen-bond acceptors (Lipinski definition) is 7. The molecule has 8 heteroatoms. The molecule has 0 aromatic carbocycles. The summed E-state index contributed by atoms with van der Waals surface area (Å²) in [7, 11) is 7.38. The lowest BCUT2D eigenvalue weighted by molar-refractivity contribution is -0.115. The van der Waals surface area contributed by atoms with Crippen LogP contribution in [0.1, 0.15) is 0 Å². The fourth-order valence-electron chi connectivity index (χ4n) is 0.936. The Hall–Kier alpha value is -1.57. The van der Waals surface area contributed by atoms with Crippen molar-refractivity contribution in [2.75, 3.05) is 43.7 Å². The maximum Gasteiger partial charge on any atom is 0.230 e. The van der Waals surface area contributed by atoms with E-state index in [0.717, 1.165) is 0 Å². The van der Waals surface area contributed by atoms with Gasteiger partial charge in [0, 0.05) is 28.2 Å². The minimum atomic E-state index is -0.395. The second-order valence-electron chi connectivity index (χ2n) is 3.76. The smallest absolute Gasteiger partial charge is 0.230 e. The van der Waals surface area contributed by atoms with Crippen LogP contribution in [0.15, 0.2) is 5.16 Å². The summed E-state index contributed by atoms with van der Waals surface area (Å²) < 4.78 is 0. The summed E-state index contributed by atoms with van der Waals surface area (Å²) in [5.41, 5.74) is 5.08. The molecule has 0 atom stereocenters. The van der Waals surface area contributed by atoms with Gasteiger partial charge in [-0.25, -0.2) is 0 Å². The lowest BCUT2D eigenvalue weighted by atomic mass is 10.7. The third-order valence-corrected chi connectivity index (χ3v) is 2.60. The number of rotatable bonds is 5. The first-order chi connectivity index (χ1) is 7.90. The van der Waals surface area contributed by atoms with Crippen molar-refractivity contribution in [3.05, 3.63) is 0 Å². The topological polar surface area (TPSA) is 88.2 Å². The molecule has 0 aliphatic heterocycles. The molecule has 0 aliphatic rings. The van der Waals surface area contributed by atoms with Crippen molar-refractivity contribution in [3.63, 3.8) is 0 Å². The number of aromatic nitrogens is 3. The molecule has 0 fully saturated rings. The number of amides is 1.